The maximum atomic E-state index is 12.2. The molecule has 130 valence electrons. The summed E-state index contributed by atoms with van der Waals surface area (Å²) in [6.07, 6.45) is 0. The van der Waals surface area contributed by atoms with E-state index in [2.05, 4.69) is 69.2 Å². The first-order valence-electron chi connectivity index (χ1n) is 8.53. The van der Waals surface area contributed by atoms with Gasteiger partial charge in [0.15, 0.2) is 0 Å². The first kappa shape index (κ1) is 17.5. The molecule has 0 fully saturated rings. The Kier molecular flexibility index (Phi) is 4.28. The SMILES string of the molecule is Cc1c(-n2nnn(C)c2=O)ccc2c1S[Si](C(C)C)(C(C)C)C2C. The van der Waals surface area contributed by atoms with Crippen molar-refractivity contribution in [2.45, 2.75) is 63.1 Å². The Morgan fingerprint density at radius 1 is 1.17 bits per heavy atom. The fourth-order valence-electron chi connectivity index (χ4n) is 4.28. The van der Waals surface area contributed by atoms with Gasteiger partial charge in [-0.25, -0.2) is 4.79 Å². The molecular formula is C17H26N4OSSi. The minimum atomic E-state index is -1.57. The summed E-state index contributed by atoms with van der Waals surface area (Å²) in [6.45, 7) is 14.0. The van der Waals surface area contributed by atoms with Gasteiger partial charge in [0, 0.05) is 11.9 Å². The second kappa shape index (κ2) is 5.88. The summed E-state index contributed by atoms with van der Waals surface area (Å²) in [5, 5.41) is 7.86. The van der Waals surface area contributed by atoms with Crippen LogP contribution in [0.2, 0.25) is 11.1 Å². The Morgan fingerprint density at radius 3 is 2.29 bits per heavy atom. The van der Waals surface area contributed by atoms with E-state index in [1.165, 1.54) is 19.8 Å². The van der Waals surface area contributed by atoms with Crippen molar-refractivity contribution >= 4 is 18.4 Å². The molecule has 3 rings (SSSR count). The fourth-order valence-corrected chi connectivity index (χ4v) is 14.3. The van der Waals surface area contributed by atoms with Crippen molar-refractivity contribution in [3.05, 3.63) is 33.7 Å². The molecule has 1 unspecified atom stereocenters. The van der Waals surface area contributed by atoms with Crippen molar-refractivity contribution in [3.63, 3.8) is 0 Å². The third-order valence-corrected chi connectivity index (χ3v) is 17.5. The van der Waals surface area contributed by atoms with Crippen LogP contribution in [-0.2, 0) is 7.05 Å². The minimum Gasteiger partial charge on any atom is -0.244 e. The second-order valence-corrected chi connectivity index (χ2v) is 15.6. The van der Waals surface area contributed by atoms with Crippen LogP contribution in [0.1, 0.15) is 51.3 Å². The highest BCUT2D eigenvalue weighted by molar-refractivity contribution is 8.29. The lowest BCUT2D eigenvalue weighted by Crippen LogP contribution is -2.40. The summed E-state index contributed by atoms with van der Waals surface area (Å²) in [7, 11) is 0.0551. The molecule has 7 heteroatoms. The number of fused-ring (bicyclic) bond motifs is 1. The van der Waals surface area contributed by atoms with E-state index in [0.717, 1.165) is 11.3 Å². The molecule has 5 nitrogen and oxygen atoms in total. The molecule has 0 spiro atoms. The van der Waals surface area contributed by atoms with E-state index in [-0.39, 0.29) is 5.69 Å². The number of rotatable bonds is 3. The smallest absolute Gasteiger partial charge is 0.244 e. The van der Waals surface area contributed by atoms with E-state index in [9.17, 15) is 4.79 Å². The summed E-state index contributed by atoms with van der Waals surface area (Å²) in [6, 6.07) is 4.24. The van der Waals surface area contributed by atoms with Crippen molar-refractivity contribution in [3.8, 4) is 5.69 Å². The largest absolute Gasteiger partial charge is 0.368 e. The van der Waals surface area contributed by atoms with Gasteiger partial charge in [-0.2, -0.15) is 9.36 Å². The zero-order chi connectivity index (χ0) is 17.8. The van der Waals surface area contributed by atoms with E-state index in [1.807, 2.05) is 6.07 Å². The normalized spacial score (nSPS) is 19.3. The van der Waals surface area contributed by atoms with Gasteiger partial charge >= 0.3 is 5.69 Å². The van der Waals surface area contributed by atoms with Gasteiger partial charge in [-0.15, -0.1) is 11.2 Å². The minimum absolute atomic E-state index is 0.203. The van der Waals surface area contributed by atoms with Crippen molar-refractivity contribution in [1.82, 2.24) is 19.8 Å². The molecule has 0 N–H and O–H groups in total. The van der Waals surface area contributed by atoms with Gasteiger partial charge in [0.1, 0.15) is 7.22 Å². The Morgan fingerprint density at radius 2 is 1.79 bits per heavy atom. The van der Waals surface area contributed by atoms with Crippen LogP contribution >= 0.6 is 11.2 Å². The molecule has 1 atom stereocenters. The molecule has 0 radical (unpaired) electrons. The highest BCUT2D eigenvalue weighted by Crippen LogP contribution is 2.60. The Bertz CT molecular complexity index is 832. The van der Waals surface area contributed by atoms with Crippen LogP contribution in [0.25, 0.3) is 5.69 Å². The number of aryl methyl sites for hydroxylation is 1. The number of aromatic nitrogens is 4. The summed E-state index contributed by atoms with van der Waals surface area (Å²) >= 11 is 2.12. The maximum Gasteiger partial charge on any atom is 0.368 e. The van der Waals surface area contributed by atoms with Crippen molar-refractivity contribution < 1.29 is 0 Å². The molecule has 0 saturated heterocycles. The van der Waals surface area contributed by atoms with Crippen LogP contribution in [0, 0.1) is 6.92 Å². The summed E-state index contributed by atoms with van der Waals surface area (Å²) in [5.74, 6) is 0. The van der Waals surface area contributed by atoms with Crippen LogP contribution in [0.5, 0.6) is 0 Å². The van der Waals surface area contributed by atoms with Crippen LogP contribution in [0.3, 0.4) is 0 Å². The van der Waals surface area contributed by atoms with E-state index in [4.69, 9.17) is 0 Å². The monoisotopic (exact) mass is 362 g/mol. The van der Waals surface area contributed by atoms with Gasteiger partial charge < -0.3 is 0 Å². The molecule has 1 aliphatic rings. The predicted octanol–water partition coefficient (Wildman–Crippen LogP) is 3.79. The highest BCUT2D eigenvalue weighted by atomic mass is 32.4. The molecule has 1 aromatic heterocycles. The highest BCUT2D eigenvalue weighted by Gasteiger charge is 2.52. The maximum absolute atomic E-state index is 12.2. The third kappa shape index (κ3) is 2.24. The third-order valence-electron chi connectivity index (χ3n) is 5.58. The average molecular weight is 363 g/mol. The van der Waals surface area contributed by atoms with Gasteiger partial charge in [0.25, 0.3) is 0 Å². The molecule has 0 amide bonds. The molecule has 0 aliphatic carbocycles. The van der Waals surface area contributed by atoms with Crippen molar-refractivity contribution in [2.75, 3.05) is 0 Å². The lowest BCUT2D eigenvalue weighted by Gasteiger charge is -2.38. The molecule has 24 heavy (non-hydrogen) atoms. The molecular weight excluding hydrogens is 336 g/mol. The summed E-state index contributed by atoms with van der Waals surface area (Å²) < 4.78 is 2.68. The van der Waals surface area contributed by atoms with Gasteiger partial charge in [0.2, 0.25) is 0 Å². The molecule has 2 heterocycles. The topological polar surface area (TPSA) is 52.7 Å². The van der Waals surface area contributed by atoms with Crippen molar-refractivity contribution in [2.24, 2.45) is 7.05 Å². The Labute approximate surface area is 148 Å². The van der Waals surface area contributed by atoms with Gasteiger partial charge in [-0.1, -0.05) is 40.7 Å². The average Bonchev–Trinajstić information content (AvgIpc) is 3.00. The zero-order valence-corrected chi connectivity index (χ0v) is 17.3. The van der Waals surface area contributed by atoms with E-state index in [0.29, 0.717) is 16.6 Å². The van der Waals surface area contributed by atoms with Crippen molar-refractivity contribution in [1.29, 1.82) is 0 Å². The number of tetrazole rings is 1. The molecule has 0 bridgehead atoms. The lowest BCUT2D eigenvalue weighted by atomic mass is 10.1. The number of hydrogen-bond donors (Lipinski definition) is 0. The lowest BCUT2D eigenvalue weighted by molar-refractivity contribution is 0.692. The first-order valence-corrected chi connectivity index (χ1v) is 12.3. The Balaban J connectivity index is 2.17. The summed E-state index contributed by atoms with van der Waals surface area (Å²) in [5.41, 5.74) is 5.27. The first-order chi connectivity index (χ1) is 11.2. The van der Waals surface area contributed by atoms with E-state index in [1.54, 1.807) is 7.05 Å². The van der Waals surface area contributed by atoms with Gasteiger partial charge in [0.05, 0.1) is 5.69 Å². The van der Waals surface area contributed by atoms with Gasteiger partial charge in [-0.3, -0.25) is 0 Å². The van der Waals surface area contributed by atoms with Gasteiger partial charge in [-0.05, 0) is 51.2 Å². The zero-order valence-electron chi connectivity index (χ0n) is 15.5. The van der Waals surface area contributed by atoms with Crippen LogP contribution in [0.4, 0.5) is 0 Å². The second-order valence-electron chi connectivity index (χ2n) is 7.41. The Hall–Kier alpha value is -1.34. The number of nitrogens with zero attached hydrogens (tertiary/aromatic N) is 4. The van der Waals surface area contributed by atoms with Crippen LogP contribution in [-0.4, -0.2) is 27.0 Å². The number of benzene rings is 1. The van der Waals surface area contributed by atoms with E-state index < -0.39 is 7.22 Å². The molecule has 1 aliphatic heterocycles. The molecule has 0 saturated carbocycles. The standard InChI is InChI=1S/C17H26N4OSSi/c1-10(2)24(11(3)4)13(6)14-8-9-15(12(5)16(14)23-24)21-17(22)20(7)18-19-21/h8-11,13H,1-7H3. The predicted molar refractivity (Wildman–Crippen MR) is 102 cm³/mol. The van der Waals surface area contributed by atoms with Crippen LogP contribution in [0.15, 0.2) is 21.8 Å². The van der Waals surface area contributed by atoms with E-state index >= 15 is 0 Å². The number of hydrogen-bond acceptors (Lipinski definition) is 4. The fraction of sp³-hybridized carbons (Fsp3) is 0.588. The quantitative estimate of drug-likeness (QED) is 0.780. The molecule has 2 aromatic rings. The molecule has 1 aromatic carbocycles. The van der Waals surface area contributed by atoms with Crippen LogP contribution < -0.4 is 5.69 Å². The summed E-state index contributed by atoms with van der Waals surface area (Å²) in [4.78, 5) is 13.6.